The lowest BCUT2D eigenvalue weighted by molar-refractivity contribution is 0.762. The molecule has 0 saturated heterocycles. The van der Waals surface area contributed by atoms with E-state index < -0.39 is 0 Å². The normalized spacial score (nSPS) is 13.0. The van der Waals surface area contributed by atoms with E-state index in [-0.39, 0.29) is 0 Å². The lowest BCUT2D eigenvalue weighted by atomic mass is 10.2. The van der Waals surface area contributed by atoms with Gasteiger partial charge >= 0.3 is 0 Å². The summed E-state index contributed by atoms with van der Waals surface area (Å²) in [7, 11) is 0. The zero-order valence-corrected chi connectivity index (χ0v) is 9.45. The molecule has 0 rings (SSSR count). The number of hydrogen-bond donors (Lipinski definition) is 0. The molecular formula is C14H22. The van der Waals surface area contributed by atoms with E-state index in [1.807, 2.05) is 13.8 Å². The summed E-state index contributed by atoms with van der Waals surface area (Å²) in [5.41, 5.74) is 0. The first kappa shape index (κ1) is 13.0. The quantitative estimate of drug-likeness (QED) is 0.399. The smallest absolute Gasteiger partial charge is 0.0347 e. The second-order valence-corrected chi connectivity index (χ2v) is 3.19. The summed E-state index contributed by atoms with van der Waals surface area (Å²) < 4.78 is 0. The maximum Gasteiger partial charge on any atom is -0.0347 e. The molecule has 0 aromatic rings. The molecule has 0 heteroatoms. The molecule has 78 valence electrons. The summed E-state index contributed by atoms with van der Waals surface area (Å²) >= 11 is 0. The van der Waals surface area contributed by atoms with Crippen molar-refractivity contribution < 1.29 is 0 Å². The molecule has 0 aliphatic carbocycles. The average Bonchev–Trinajstić information content (AvgIpc) is 2.21. The molecule has 0 saturated carbocycles. The number of rotatable bonds is 7. The highest BCUT2D eigenvalue weighted by Gasteiger charge is 1.81. The summed E-state index contributed by atoms with van der Waals surface area (Å²) in [6.45, 7) is 4.08. The van der Waals surface area contributed by atoms with E-state index in [2.05, 4.69) is 48.6 Å². The van der Waals surface area contributed by atoms with Crippen LogP contribution < -0.4 is 0 Å². The molecule has 0 bridgehead atoms. The van der Waals surface area contributed by atoms with Gasteiger partial charge in [0.05, 0.1) is 0 Å². The van der Waals surface area contributed by atoms with Crippen molar-refractivity contribution in [3.63, 3.8) is 0 Å². The van der Waals surface area contributed by atoms with Gasteiger partial charge in [-0.15, -0.1) is 0 Å². The molecule has 0 N–H and O–H groups in total. The van der Waals surface area contributed by atoms with Gasteiger partial charge in [0.2, 0.25) is 0 Å². The molecule has 0 amide bonds. The molecule has 0 nitrogen and oxygen atoms in total. The van der Waals surface area contributed by atoms with Crippen molar-refractivity contribution >= 4 is 0 Å². The van der Waals surface area contributed by atoms with Gasteiger partial charge in [-0.2, -0.15) is 0 Å². The monoisotopic (exact) mass is 190 g/mol. The molecule has 0 fully saturated rings. The summed E-state index contributed by atoms with van der Waals surface area (Å²) in [5, 5.41) is 0. The summed E-state index contributed by atoms with van der Waals surface area (Å²) in [4.78, 5) is 0. The van der Waals surface area contributed by atoms with Gasteiger partial charge < -0.3 is 0 Å². The predicted molar refractivity (Wildman–Crippen MR) is 66.4 cm³/mol. The number of hydrogen-bond acceptors (Lipinski definition) is 0. The van der Waals surface area contributed by atoms with Crippen molar-refractivity contribution in [1.29, 1.82) is 0 Å². The van der Waals surface area contributed by atoms with Crippen LogP contribution in [0.15, 0.2) is 48.6 Å². The first-order chi connectivity index (χ1) is 6.91. The van der Waals surface area contributed by atoms with Crippen molar-refractivity contribution in [2.75, 3.05) is 0 Å². The standard InChI is InChI=1S/C14H22/c1-3-5-7-9-11-13-14-12-10-8-6-4-2/h3-10H,11-14H2,1-2H3. The topological polar surface area (TPSA) is 0 Å². The van der Waals surface area contributed by atoms with Gasteiger partial charge in [0.25, 0.3) is 0 Å². The first-order valence-electron chi connectivity index (χ1n) is 5.47. The molecule has 0 atom stereocenters. The van der Waals surface area contributed by atoms with Gasteiger partial charge in [0.1, 0.15) is 0 Å². The zero-order valence-electron chi connectivity index (χ0n) is 9.45. The molecule has 0 aliphatic rings. The van der Waals surface area contributed by atoms with E-state index in [1.54, 1.807) is 0 Å². The Morgan fingerprint density at radius 2 is 1.07 bits per heavy atom. The minimum Gasteiger partial charge on any atom is -0.0877 e. The van der Waals surface area contributed by atoms with E-state index in [1.165, 1.54) is 25.7 Å². The number of allylic oxidation sites excluding steroid dienone is 8. The van der Waals surface area contributed by atoms with Crippen molar-refractivity contribution in [2.24, 2.45) is 0 Å². The van der Waals surface area contributed by atoms with Crippen LogP contribution in [-0.2, 0) is 0 Å². The van der Waals surface area contributed by atoms with Gasteiger partial charge in [0, 0.05) is 0 Å². The predicted octanol–water partition coefficient (Wildman–Crippen LogP) is 4.81. The first-order valence-corrected chi connectivity index (χ1v) is 5.47. The molecule has 0 spiro atoms. The minimum absolute atomic E-state index is 1.20. The minimum atomic E-state index is 1.20. The van der Waals surface area contributed by atoms with Crippen LogP contribution in [0, 0.1) is 0 Å². The zero-order chi connectivity index (χ0) is 10.5. The molecule has 0 radical (unpaired) electrons. The molecule has 0 aromatic carbocycles. The molecule has 0 aromatic heterocycles. The van der Waals surface area contributed by atoms with Crippen LogP contribution in [0.2, 0.25) is 0 Å². The Morgan fingerprint density at radius 3 is 1.43 bits per heavy atom. The summed E-state index contributed by atoms with van der Waals surface area (Å²) in [6.07, 6.45) is 21.9. The van der Waals surface area contributed by atoms with E-state index in [9.17, 15) is 0 Å². The second kappa shape index (κ2) is 12.0. The molecule has 14 heavy (non-hydrogen) atoms. The molecule has 0 unspecified atom stereocenters. The van der Waals surface area contributed by atoms with Crippen molar-refractivity contribution in [3.05, 3.63) is 48.6 Å². The Kier molecular flexibility index (Phi) is 11.1. The largest absolute Gasteiger partial charge is 0.0877 e. The van der Waals surface area contributed by atoms with Gasteiger partial charge in [-0.1, -0.05) is 48.6 Å². The van der Waals surface area contributed by atoms with Gasteiger partial charge in [-0.3, -0.25) is 0 Å². The summed E-state index contributed by atoms with van der Waals surface area (Å²) in [6, 6.07) is 0. The van der Waals surface area contributed by atoms with Crippen molar-refractivity contribution in [3.8, 4) is 0 Å². The second-order valence-electron chi connectivity index (χ2n) is 3.19. The van der Waals surface area contributed by atoms with E-state index in [4.69, 9.17) is 0 Å². The van der Waals surface area contributed by atoms with E-state index >= 15 is 0 Å². The van der Waals surface area contributed by atoms with E-state index in [0.717, 1.165) is 0 Å². The average molecular weight is 190 g/mol. The Balaban J connectivity index is 3.21. The lowest BCUT2D eigenvalue weighted by Crippen LogP contribution is -1.71. The molecule has 0 aliphatic heterocycles. The Labute approximate surface area is 88.7 Å². The Hall–Kier alpha value is -1.04. The van der Waals surface area contributed by atoms with Crippen LogP contribution in [0.3, 0.4) is 0 Å². The van der Waals surface area contributed by atoms with Crippen LogP contribution in [-0.4, -0.2) is 0 Å². The summed E-state index contributed by atoms with van der Waals surface area (Å²) in [5.74, 6) is 0. The third-order valence-corrected chi connectivity index (χ3v) is 1.87. The highest BCUT2D eigenvalue weighted by atomic mass is 13.9. The SMILES string of the molecule is CC=CC=CCCCCC=CC=CC. The third kappa shape index (κ3) is 11.0. The Bertz CT molecular complexity index is 180. The van der Waals surface area contributed by atoms with Crippen molar-refractivity contribution in [2.45, 2.75) is 39.5 Å². The van der Waals surface area contributed by atoms with Gasteiger partial charge in [-0.05, 0) is 39.5 Å². The van der Waals surface area contributed by atoms with Crippen LogP contribution in [0.5, 0.6) is 0 Å². The highest BCUT2D eigenvalue weighted by Crippen LogP contribution is 2.01. The van der Waals surface area contributed by atoms with Crippen molar-refractivity contribution in [1.82, 2.24) is 0 Å². The van der Waals surface area contributed by atoms with Gasteiger partial charge in [0.15, 0.2) is 0 Å². The fourth-order valence-electron chi connectivity index (χ4n) is 1.10. The maximum atomic E-state index is 2.23. The highest BCUT2D eigenvalue weighted by molar-refractivity contribution is 5.01. The lowest BCUT2D eigenvalue weighted by Gasteiger charge is -1.91. The third-order valence-electron chi connectivity index (χ3n) is 1.87. The maximum absolute atomic E-state index is 2.23. The Morgan fingerprint density at radius 1 is 0.643 bits per heavy atom. The molecular weight excluding hydrogens is 168 g/mol. The van der Waals surface area contributed by atoms with Crippen LogP contribution in [0.1, 0.15) is 39.5 Å². The van der Waals surface area contributed by atoms with Crippen LogP contribution in [0.4, 0.5) is 0 Å². The molecule has 0 heterocycles. The fourth-order valence-corrected chi connectivity index (χ4v) is 1.10. The number of unbranched alkanes of at least 4 members (excludes halogenated alkanes) is 3. The van der Waals surface area contributed by atoms with Crippen LogP contribution in [0.25, 0.3) is 0 Å². The fraction of sp³-hybridized carbons (Fsp3) is 0.429. The van der Waals surface area contributed by atoms with E-state index in [0.29, 0.717) is 0 Å². The van der Waals surface area contributed by atoms with Gasteiger partial charge in [-0.25, -0.2) is 0 Å². The van der Waals surface area contributed by atoms with Crippen LogP contribution >= 0.6 is 0 Å².